The van der Waals surface area contributed by atoms with Crippen LogP contribution in [0.2, 0.25) is 0 Å². The molecule has 0 saturated heterocycles. The van der Waals surface area contributed by atoms with E-state index in [1.807, 2.05) is 5.32 Å². The molecule has 2 N–H and O–H groups in total. The van der Waals surface area contributed by atoms with Crippen LogP contribution in [0.1, 0.15) is 31.1 Å². The van der Waals surface area contributed by atoms with Crippen LogP contribution in [-0.4, -0.2) is 56.9 Å². The highest BCUT2D eigenvalue weighted by molar-refractivity contribution is 7.89. The van der Waals surface area contributed by atoms with Crippen molar-refractivity contribution in [2.75, 3.05) is 20.1 Å². The number of ether oxygens (including phenoxy) is 1. The lowest BCUT2D eigenvalue weighted by atomic mass is 10.2. The second-order valence-electron chi connectivity index (χ2n) is 5.23. The summed E-state index contributed by atoms with van der Waals surface area (Å²) in [5, 5.41) is 4.18. The van der Waals surface area contributed by atoms with Crippen molar-refractivity contribution < 1.29 is 27.5 Å². The highest BCUT2D eigenvalue weighted by Gasteiger charge is 2.24. The molecule has 26 heavy (non-hydrogen) atoms. The van der Waals surface area contributed by atoms with Crippen molar-refractivity contribution in [2.45, 2.75) is 31.8 Å². The summed E-state index contributed by atoms with van der Waals surface area (Å²) in [7, 11) is -2.39. The van der Waals surface area contributed by atoms with Crippen LogP contribution in [0.15, 0.2) is 29.2 Å². The molecular formula is C16H23N3O6S. The first kappa shape index (κ1) is 21.6. The van der Waals surface area contributed by atoms with Gasteiger partial charge in [-0.15, -0.1) is 0 Å². The Balaban J connectivity index is 2.95. The van der Waals surface area contributed by atoms with Crippen LogP contribution < -0.4 is 10.6 Å². The normalized spacial score (nSPS) is 12.3. The topological polar surface area (TPSA) is 122 Å². The van der Waals surface area contributed by atoms with E-state index < -0.39 is 34.0 Å². The lowest BCUT2D eigenvalue weighted by Crippen LogP contribution is -2.43. The third-order valence-electron chi connectivity index (χ3n) is 3.53. The van der Waals surface area contributed by atoms with Gasteiger partial charge in [-0.2, -0.15) is 4.31 Å². The molecule has 3 amide bonds. The van der Waals surface area contributed by atoms with Crippen molar-refractivity contribution >= 4 is 27.9 Å². The summed E-state index contributed by atoms with van der Waals surface area (Å²) in [5.74, 6) is -1.68. The van der Waals surface area contributed by atoms with Crippen molar-refractivity contribution in [3.05, 3.63) is 29.8 Å². The standard InChI is InChI=1S/C16H23N3O6S/c1-5-19(6-2)26(23,24)13-9-7-8-12(10-13)15(21)25-11(3)14(20)18-16(22)17-4/h7-11H,5-6H2,1-4H3,(H2,17,18,20,22)/t11-/m1/s1. The van der Waals surface area contributed by atoms with Crippen molar-refractivity contribution in [3.63, 3.8) is 0 Å². The van der Waals surface area contributed by atoms with E-state index in [2.05, 4.69) is 5.32 Å². The van der Waals surface area contributed by atoms with Crippen LogP contribution in [0.25, 0.3) is 0 Å². The van der Waals surface area contributed by atoms with Gasteiger partial charge < -0.3 is 10.1 Å². The predicted octanol–water partition coefficient (Wildman–Crippen LogP) is 0.718. The van der Waals surface area contributed by atoms with E-state index in [0.717, 1.165) is 0 Å². The number of carbonyl (C=O) groups is 3. The van der Waals surface area contributed by atoms with Crippen molar-refractivity contribution in [2.24, 2.45) is 0 Å². The fourth-order valence-corrected chi connectivity index (χ4v) is 3.56. The Bertz CT molecular complexity index is 774. The minimum atomic E-state index is -3.73. The van der Waals surface area contributed by atoms with Gasteiger partial charge >= 0.3 is 12.0 Å². The van der Waals surface area contributed by atoms with Crippen LogP contribution in [0.5, 0.6) is 0 Å². The van der Waals surface area contributed by atoms with Crippen molar-refractivity contribution in [3.8, 4) is 0 Å². The van der Waals surface area contributed by atoms with Gasteiger partial charge in [0.25, 0.3) is 5.91 Å². The molecular weight excluding hydrogens is 362 g/mol. The number of amides is 3. The third kappa shape index (κ3) is 5.27. The van der Waals surface area contributed by atoms with Gasteiger partial charge in [0.15, 0.2) is 6.10 Å². The van der Waals surface area contributed by atoms with Gasteiger partial charge in [-0.05, 0) is 25.1 Å². The molecule has 0 heterocycles. The molecule has 0 radical (unpaired) electrons. The monoisotopic (exact) mass is 385 g/mol. The van der Waals surface area contributed by atoms with Gasteiger partial charge in [-0.1, -0.05) is 19.9 Å². The highest BCUT2D eigenvalue weighted by atomic mass is 32.2. The highest BCUT2D eigenvalue weighted by Crippen LogP contribution is 2.17. The summed E-state index contributed by atoms with van der Waals surface area (Å²) in [5.41, 5.74) is -0.0159. The maximum absolute atomic E-state index is 12.5. The second-order valence-corrected chi connectivity index (χ2v) is 7.17. The van der Waals surface area contributed by atoms with Crippen LogP contribution in [0, 0.1) is 0 Å². The maximum atomic E-state index is 12.5. The average Bonchev–Trinajstić information content (AvgIpc) is 2.62. The Morgan fingerprint density at radius 2 is 1.81 bits per heavy atom. The molecule has 0 saturated carbocycles. The van der Waals surface area contributed by atoms with Crippen LogP contribution in [0.4, 0.5) is 4.79 Å². The van der Waals surface area contributed by atoms with Gasteiger partial charge in [0.1, 0.15) is 0 Å². The van der Waals surface area contributed by atoms with Crippen LogP contribution >= 0.6 is 0 Å². The molecule has 1 rings (SSSR count). The molecule has 1 atom stereocenters. The number of hydrogen-bond acceptors (Lipinski definition) is 6. The minimum Gasteiger partial charge on any atom is -0.449 e. The number of sulfonamides is 1. The zero-order valence-corrected chi connectivity index (χ0v) is 15.9. The lowest BCUT2D eigenvalue weighted by molar-refractivity contribution is -0.127. The quantitative estimate of drug-likeness (QED) is 0.667. The lowest BCUT2D eigenvalue weighted by Gasteiger charge is -2.19. The Hall–Kier alpha value is -2.46. The molecule has 1 aromatic carbocycles. The molecule has 0 aliphatic heterocycles. The van der Waals surface area contributed by atoms with E-state index in [4.69, 9.17) is 4.74 Å². The number of rotatable bonds is 7. The summed E-state index contributed by atoms with van der Waals surface area (Å²) in [6, 6.07) is 4.64. The zero-order chi connectivity index (χ0) is 19.9. The number of urea groups is 1. The number of carbonyl (C=O) groups excluding carboxylic acids is 3. The summed E-state index contributed by atoms with van der Waals surface area (Å²) in [6.07, 6.45) is -1.23. The third-order valence-corrected chi connectivity index (χ3v) is 5.58. The van der Waals surface area contributed by atoms with Gasteiger partial charge in [0.2, 0.25) is 10.0 Å². The number of nitrogens with zero attached hydrogens (tertiary/aromatic N) is 1. The minimum absolute atomic E-state index is 0.0159. The van der Waals surface area contributed by atoms with Gasteiger partial charge in [0, 0.05) is 20.1 Å². The summed E-state index contributed by atoms with van der Waals surface area (Å²) in [4.78, 5) is 35.0. The number of benzene rings is 1. The number of nitrogens with one attached hydrogen (secondary N) is 2. The summed E-state index contributed by atoms with van der Waals surface area (Å²) in [6.45, 7) is 5.32. The largest absolute Gasteiger partial charge is 0.449 e. The Kier molecular flexibility index (Phi) is 7.72. The molecule has 9 nitrogen and oxygen atoms in total. The maximum Gasteiger partial charge on any atom is 0.338 e. The van der Waals surface area contributed by atoms with E-state index in [-0.39, 0.29) is 10.5 Å². The molecule has 1 aromatic rings. The molecule has 0 aliphatic rings. The molecule has 10 heteroatoms. The van der Waals surface area contributed by atoms with E-state index >= 15 is 0 Å². The Morgan fingerprint density at radius 3 is 2.35 bits per heavy atom. The summed E-state index contributed by atoms with van der Waals surface area (Å²) >= 11 is 0. The fraction of sp³-hybridized carbons (Fsp3) is 0.438. The van der Waals surface area contributed by atoms with E-state index in [9.17, 15) is 22.8 Å². The average molecular weight is 385 g/mol. The molecule has 0 aliphatic carbocycles. The number of hydrogen-bond donors (Lipinski definition) is 2. The molecule has 144 valence electrons. The predicted molar refractivity (Wildman–Crippen MR) is 94.0 cm³/mol. The smallest absolute Gasteiger partial charge is 0.338 e. The van der Waals surface area contributed by atoms with E-state index in [0.29, 0.717) is 13.1 Å². The SMILES string of the molecule is CCN(CC)S(=O)(=O)c1cccc(C(=O)O[C@H](C)C(=O)NC(=O)NC)c1. The molecule has 0 unspecified atom stereocenters. The van der Waals surface area contributed by atoms with E-state index in [1.54, 1.807) is 13.8 Å². The fourth-order valence-electron chi connectivity index (χ4n) is 2.05. The van der Waals surface area contributed by atoms with Crippen molar-refractivity contribution in [1.29, 1.82) is 0 Å². The Morgan fingerprint density at radius 1 is 1.19 bits per heavy atom. The van der Waals surface area contributed by atoms with Crippen LogP contribution in [0.3, 0.4) is 0 Å². The number of imide groups is 1. The van der Waals surface area contributed by atoms with Gasteiger partial charge in [-0.25, -0.2) is 18.0 Å². The van der Waals surface area contributed by atoms with Gasteiger partial charge in [0.05, 0.1) is 10.5 Å². The number of esters is 1. The first-order valence-electron chi connectivity index (χ1n) is 8.01. The summed E-state index contributed by atoms with van der Waals surface area (Å²) < 4.78 is 31.3. The molecule has 0 fully saturated rings. The zero-order valence-electron chi connectivity index (χ0n) is 15.1. The van der Waals surface area contributed by atoms with E-state index in [1.165, 1.54) is 42.5 Å². The first-order chi connectivity index (χ1) is 12.2. The molecule has 0 aromatic heterocycles. The van der Waals surface area contributed by atoms with Gasteiger partial charge in [-0.3, -0.25) is 10.1 Å². The Labute approximate surface area is 152 Å². The van der Waals surface area contributed by atoms with Crippen LogP contribution in [-0.2, 0) is 19.6 Å². The molecule has 0 spiro atoms. The molecule has 0 bridgehead atoms. The first-order valence-corrected chi connectivity index (χ1v) is 9.45. The second kappa shape index (κ2) is 9.30. The van der Waals surface area contributed by atoms with Crippen molar-refractivity contribution in [1.82, 2.24) is 14.9 Å².